The lowest BCUT2D eigenvalue weighted by Gasteiger charge is -2.49. The summed E-state index contributed by atoms with van der Waals surface area (Å²) in [5, 5.41) is 0. The zero-order valence-electron chi connectivity index (χ0n) is 21.6. The number of hydrogen-bond donors (Lipinski definition) is 0. The van der Waals surface area contributed by atoms with Gasteiger partial charge in [0.2, 0.25) is 5.41 Å². The van der Waals surface area contributed by atoms with Crippen molar-refractivity contribution >= 4 is 12.2 Å². The van der Waals surface area contributed by atoms with Gasteiger partial charge in [-0.1, -0.05) is 78.9 Å². The molecule has 0 nitrogen and oxygen atoms in total. The van der Waals surface area contributed by atoms with E-state index in [0.29, 0.717) is 37.5 Å². The van der Waals surface area contributed by atoms with Crippen LogP contribution < -0.4 is 0 Å². The van der Waals surface area contributed by atoms with Crippen molar-refractivity contribution in [2.45, 2.75) is 61.0 Å². The van der Waals surface area contributed by atoms with Gasteiger partial charge in [0.1, 0.15) is 5.41 Å². The Balaban J connectivity index is 1.53. The Labute approximate surface area is 230 Å². The molecule has 3 unspecified atom stereocenters. The van der Waals surface area contributed by atoms with Crippen LogP contribution in [0.2, 0.25) is 0 Å². The first-order valence-corrected chi connectivity index (χ1v) is 13.1. The summed E-state index contributed by atoms with van der Waals surface area (Å²) in [6.45, 7) is 0.672. The van der Waals surface area contributed by atoms with Crippen molar-refractivity contribution in [3.63, 3.8) is 0 Å². The molecule has 0 bridgehead atoms. The summed E-state index contributed by atoms with van der Waals surface area (Å²) in [5.41, 5.74) is -10.1. The third-order valence-electron chi connectivity index (χ3n) is 9.05. The van der Waals surface area contributed by atoms with Gasteiger partial charge in [-0.25, -0.2) is 0 Å². The highest BCUT2D eigenvalue weighted by Crippen LogP contribution is 2.65. The lowest BCUT2D eigenvalue weighted by molar-refractivity contribution is -0.291. The van der Waals surface area contributed by atoms with Gasteiger partial charge < -0.3 is 0 Å². The molecule has 9 heteroatoms. The van der Waals surface area contributed by atoms with Crippen molar-refractivity contribution in [2.24, 2.45) is 0 Å². The monoisotopic (exact) mass is 578 g/mol. The van der Waals surface area contributed by atoms with Crippen molar-refractivity contribution in [2.75, 3.05) is 0 Å². The Kier molecular flexibility index (Phi) is 5.91. The lowest BCUT2D eigenvalue weighted by atomic mass is 9.56. The molecule has 0 heterocycles. The maximum atomic E-state index is 14.9. The van der Waals surface area contributed by atoms with Crippen LogP contribution in [0.3, 0.4) is 0 Å². The number of halogens is 9. The second-order valence-electron chi connectivity index (χ2n) is 11.1. The van der Waals surface area contributed by atoms with Crippen LogP contribution in [-0.2, 0) is 10.8 Å². The first kappa shape index (κ1) is 27.7. The Morgan fingerprint density at radius 2 is 1.10 bits per heavy atom. The van der Waals surface area contributed by atoms with Crippen LogP contribution in [-0.4, -0.2) is 18.5 Å². The molecule has 3 atom stereocenters. The van der Waals surface area contributed by atoms with Crippen LogP contribution in [0.15, 0.2) is 72.8 Å². The molecule has 41 heavy (non-hydrogen) atoms. The zero-order chi connectivity index (χ0) is 29.6. The van der Waals surface area contributed by atoms with E-state index in [4.69, 9.17) is 0 Å². The van der Waals surface area contributed by atoms with E-state index in [0.717, 1.165) is 35.4 Å². The van der Waals surface area contributed by atoms with Gasteiger partial charge in [0, 0.05) is 11.8 Å². The van der Waals surface area contributed by atoms with Gasteiger partial charge >= 0.3 is 18.5 Å². The number of benzene rings is 3. The first-order valence-electron chi connectivity index (χ1n) is 13.1. The van der Waals surface area contributed by atoms with Crippen molar-refractivity contribution in [1.82, 2.24) is 0 Å². The number of rotatable bonds is 3. The highest BCUT2D eigenvalue weighted by Gasteiger charge is 2.77. The summed E-state index contributed by atoms with van der Waals surface area (Å²) < 4.78 is 134. The number of hydrogen-bond acceptors (Lipinski definition) is 0. The van der Waals surface area contributed by atoms with Gasteiger partial charge in [-0.15, -0.1) is 0 Å². The van der Waals surface area contributed by atoms with E-state index in [1.807, 2.05) is 36.4 Å². The molecule has 3 aliphatic carbocycles. The maximum Gasteiger partial charge on any atom is 0.411 e. The van der Waals surface area contributed by atoms with E-state index >= 15 is 0 Å². The van der Waals surface area contributed by atoms with E-state index in [1.165, 1.54) is 6.08 Å². The fourth-order valence-corrected chi connectivity index (χ4v) is 6.95. The summed E-state index contributed by atoms with van der Waals surface area (Å²) >= 11 is 0. The summed E-state index contributed by atoms with van der Waals surface area (Å²) in [5.74, 6) is -0.408. The smallest absolute Gasteiger partial charge is 0.170 e. The molecule has 214 valence electrons. The number of fused-ring (bicyclic) bond motifs is 4. The SMILES string of the molecule is CC1(C(F)(F)F)c2ccccc2C(C(F)(F)F)(C(F)(F)F)c2cc3c(cc21)C(CCC1C=Cc2ccccc21)C=C3. The molecule has 3 aromatic carbocycles. The third kappa shape index (κ3) is 3.69. The van der Waals surface area contributed by atoms with Crippen LogP contribution in [0.1, 0.15) is 76.1 Å². The van der Waals surface area contributed by atoms with Crippen molar-refractivity contribution < 1.29 is 39.5 Å². The third-order valence-corrected chi connectivity index (χ3v) is 9.05. The summed E-state index contributed by atoms with van der Waals surface area (Å²) in [6.07, 6.45) is -8.99. The minimum atomic E-state index is -5.97. The number of allylic oxidation sites excluding steroid dienone is 2. The first-order chi connectivity index (χ1) is 19.1. The molecule has 0 aromatic heterocycles. The van der Waals surface area contributed by atoms with Gasteiger partial charge in [-0.05, 0) is 70.3 Å². The minimum absolute atomic E-state index is 0.0525. The molecular weight excluding hydrogens is 555 g/mol. The molecule has 0 radical (unpaired) electrons. The largest absolute Gasteiger partial charge is 0.411 e. The molecular formula is C32H23F9. The van der Waals surface area contributed by atoms with Crippen LogP contribution in [0, 0.1) is 0 Å². The standard InChI is InChI=1S/C32H23F9/c1-28(30(33,34)35)24-8-4-5-9-25(24)29(31(36,37)38,32(39,40)41)27-16-21-15-14-20(23(21)17-26(27)28)13-12-19-11-10-18-6-2-3-7-22(18)19/h2-11,14-17,19-20H,12-13H2,1H3. The molecule has 3 aromatic rings. The second-order valence-corrected chi connectivity index (χ2v) is 11.1. The Morgan fingerprint density at radius 1 is 0.561 bits per heavy atom. The van der Waals surface area contributed by atoms with E-state index in [-0.39, 0.29) is 11.5 Å². The fraction of sp³-hybridized carbons (Fsp3) is 0.312. The zero-order valence-corrected chi connectivity index (χ0v) is 21.6. The van der Waals surface area contributed by atoms with Crippen LogP contribution in [0.5, 0.6) is 0 Å². The molecule has 6 rings (SSSR count). The average molecular weight is 579 g/mol. The number of alkyl halides is 9. The molecule has 0 spiro atoms. The van der Waals surface area contributed by atoms with Gasteiger partial charge in [-0.2, -0.15) is 39.5 Å². The van der Waals surface area contributed by atoms with Gasteiger partial charge in [-0.3, -0.25) is 0 Å². The van der Waals surface area contributed by atoms with Crippen LogP contribution >= 0.6 is 0 Å². The van der Waals surface area contributed by atoms with Crippen molar-refractivity contribution in [3.8, 4) is 0 Å². The molecule has 0 saturated heterocycles. The molecule has 3 aliphatic rings. The normalized spacial score (nSPS) is 24.1. The lowest BCUT2D eigenvalue weighted by Crippen LogP contribution is -2.60. The van der Waals surface area contributed by atoms with E-state index in [2.05, 4.69) is 0 Å². The van der Waals surface area contributed by atoms with Crippen molar-refractivity contribution in [3.05, 3.63) is 117 Å². The Hall–Kier alpha value is -3.49. The molecule has 0 saturated carbocycles. The van der Waals surface area contributed by atoms with Gasteiger partial charge in [0.05, 0.1) is 0 Å². The topological polar surface area (TPSA) is 0 Å². The van der Waals surface area contributed by atoms with Crippen LogP contribution in [0.25, 0.3) is 12.2 Å². The predicted octanol–water partition coefficient (Wildman–Crippen LogP) is 9.98. The molecule has 0 amide bonds. The molecule has 0 fully saturated rings. The maximum absolute atomic E-state index is 14.9. The van der Waals surface area contributed by atoms with E-state index < -0.39 is 57.5 Å². The Morgan fingerprint density at radius 3 is 1.71 bits per heavy atom. The Bertz CT molecular complexity index is 1570. The summed E-state index contributed by atoms with van der Waals surface area (Å²) in [7, 11) is 0. The average Bonchev–Trinajstić information content (AvgIpc) is 3.48. The summed E-state index contributed by atoms with van der Waals surface area (Å²) in [6, 6.07) is 12.6. The quantitative estimate of drug-likeness (QED) is 0.272. The van der Waals surface area contributed by atoms with E-state index in [1.54, 1.807) is 6.08 Å². The fourth-order valence-electron chi connectivity index (χ4n) is 6.95. The molecule has 0 N–H and O–H groups in total. The van der Waals surface area contributed by atoms with E-state index in [9.17, 15) is 39.5 Å². The van der Waals surface area contributed by atoms with Gasteiger partial charge in [0.15, 0.2) is 0 Å². The molecule has 0 aliphatic heterocycles. The highest BCUT2D eigenvalue weighted by atomic mass is 19.4. The summed E-state index contributed by atoms with van der Waals surface area (Å²) in [4.78, 5) is 0. The second kappa shape index (κ2) is 8.76. The minimum Gasteiger partial charge on any atom is -0.170 e. The van der Waals surface area contributed by atoms with Crippen LogP contribution in [0.4, 0.5) is 39.5 Å². The van der Waals surface area contributed by atoms with Crippen molar-refractivity contribution in [1.29, 1.82) is 0 Å². The highest BCUT2D eigenvalue weighted by molar-refractivity contribution is 5.71. The predicted molar refractivity (Wildman–Crippen MR) is 138 cm³/mol. The van der Waals surface area contributed by atoms with Gasteiger partial charge in [0.25, 0.3) is 0 Å².